The molecule has 3 heteroatoms. The molecule has 0 unspecified atom stereocenters. The third-order valence-corrected chi connectivity index (χ3v) is 2.92. The number of oxazole rings is 1. The van der Waals surface area contributed by atoms with Gasteiger partial charge in [-0.3, -0.25) is 0 Å². The van der Waals surface area contributed by atoms with E-state index in [9.17, 15) is 0 Å². The lowest BCUT2D eigenvalue weighted by Crippen LogP contribution is -1.76. The van der Waals surface area contributed by atoms with Crippen molar-refractivity contribution in [2.45, 2.75) is 5.33 Å². The van der Waals surface area contributed by atoms with Crippen LogP contribution in [0.25, 0.3) is 21.9 Å². The topological polar surface area (TPSA) is 26.0 Å². The Balaban J connectivity index is 2.47. The van der Waals surface area contributed by atoms with Crippen molar-refractivity contribution in [3.63, 3.8) is 0 Å². The number of alkyl halides is 1. The predicted octanol–water partition coefficient (Wildman–Crippen LogP) is 3.88. The van der Waals surface area contributed by atoms with Crippen LogP contribution in [0.4, 0.5) is 0 Å². The zero-order chi connectivity index (χ0) is 10.3. The van der Waals surface area contributed by atoms with Gasteiger partial charge in [0.2, 0.25) is 5.89 Å². The van der Waals surface area contributed by atoms with Crippen LogP contribution in [0.1, 0.15) is 5.89 Å². The van der Waals surface area contributed by atoms with E-state index in [1.165, 1.54) is 5.39 Å². The number of rotatable bonds is 1. The number of hydrogen-bond acceptors (Lipinski definition) is 2. The van der Waals surface area contributed by atoms with Crippen LogP contribution in [0.2, 0.25) is 0 Å². The molecule has 0 bridgehead atoms. The monoisotopic (exact) mass is 261 g/mol. The standard InChI is InChI=1S/C12H8BrNO/c13-7-11-14-12-9-4-2-1-3-8(9)5-6-10(12)15-11/h1-6H,7H2. The summed E-state index contributed by atoms with van der Waals surface area (Å²) in [6.45, 7) is 0. The number of nitrogens with zero attached hydrogens (tertiary/aromatic N) is 1. The highest BCUT2D eigenvalue weighted by atomic mass is 79.9. The maximum atomic E-state index is 5.57. The molecule has 0 atom stereocenters. The van der Waals surface area contributed by atoms with Gasteiger partial charge in [0, 0.05) is 5.39 Å². The molecule has 3 rings (SSSR count). The van der Waals surface area contributed by atoms with Crippen molar-refractivity contribution < 1.29 is 4.42 Å². The second-order valence-electron chi connectivity index (χ2n) is 3.37. The van der Waals surface area contributed by atoms with Crippen molar-refractivity contribution >= 4 is 37.8 Å². The van der Waals surface area contributed by atoms with Crippen molar-refractivity contribution in [2.24, 2.45) is 0 Å². The van der Waals surface area contributed by atoms with E-state index in [1.807, 2.05) is 18.2 Å². The Morgan fingerprint density at radius 3 is 2.87 bits per heavy atom. The molecule has 1 aromatic heterocycles. The van der Waals surface area contributed by atoms with Crippen LogP contribution in [-0.2, 0) is 5.33 Å². The van der Waals surface area contributed by atoms with E-state index in [1.54, 1.807) is 0 Å². The van der Waals surface area contributed by atoms with Gasteiger partial charge in [-0.25, -0.2) is 4.98 Å². The summed E-state index contributed by atoms with van der Waals surface area (Å²) in [5, 5.41) is 2.99. The molecule has 2 aromatic carbocycles. The van der Waals surface area contributed by atoms with E-state index in [-0.39, 0.29) is 0 Å². The smallest absolute Gasteiger partial charge is 0.206 e. The predicted molar refractivity (Wildman–Crippen MR) is 64.1 cm³/mol. The SMILES string of the molecule is BrCc1nc2c(ccc3ccccc32)o1. The van der Waals surface area contributed by atoms with Crippen LogP contribution in [0, 0.1) is 0 Å². The fourth-order valence-electron chi connectivity index (χ4n) is 1.76. The van der Waals surface area contributed by atoms with E-state index in [4.69, 9.17) is 4.42 Å². The first-order chi connectivity index (χ1) is 7.38. The van der Waals surface area contributed by atoms with Gasteiger partial charge in [-0.2, -0.15) is 0 Å². The molecular formula is C12H8BrNO. The Hall–Kier alpha value is -1.35. The summed E-state index contributed by atoms with van der Waals surface area (Å²) in [5.74, 6) is 0.723. The van der Waals surface area contributed by atoms with Crippen LogP contribution >= 0.6 is 15.9 Å². The summed E-state index contributed by atoms with van der Waals surface area (Å²) in [6, 6.07) is 12.2. The second-order valence-corrected chi connectivity index (χ2v) is 3.94. The zero-order valence-electron chi connectivity index (χ0n) is 7.90. The first-order valence-corrected chi connectivity index (χ1v) is 5.84. The van der Waals surface area contributed by atoms with Crippen molar-refractivity contribution in [1.82, 2.24) is 4.98 Å². The molecule has 15 heavy (non-hydrogen) atoms. The number of fused-ring (bicyclic) bond motifs is 3. The number of hydrogen-bond donors (Lipinski definition) is 0. The highest BCUT2D eigenvalue weighted by molar-refractivity contribution is 9.08. The van der Waals surface area contributed by atoms with Gasteiger partial charge in [0.25, 0.3) is 0 Å². The van der Waals surface area contributed by atoms with Gasteiger partial charge < -0.3 is 4.42 Å². The van der Waals surface area contributed by atoms with Gasteiger partial charge in [0.1, 0.15) is 5.52 Å². The number of halogens is 1. The molecule has 0 aliphatic carbocycles. The summed E-state index contributed by atoms with van der Waals surface area (Å²) in [4.78, 5) is 4.45. The quantitative estimate of drug-likeness (QED) is 0.622. The van der Waals surface area contributed by atoms with Gasteiger partial charge in [-0.05, 0) is 11.5 Å². The summed E-state index contributed by atoms with van der Waals surface area (Å²) >= 11 is 3.34. The lowest BCUT2D eigenvalue weighted by molar-refractivity contribution is 0.557. The summed E-state index contributed by atoms with van der Waals surface area (Å²) in [6.07, 6.45) is 0. The third-order valence-electron chi connectivity index (χ3n) is 2.44. The molecule has 1 heterocycles. The molecule has 0 amide bonds. The van der Waals surface area contributed by atoms with Crippen LogP contribution in [-0.4, -0.2) is 4.98 Å². The van der Waals surface area contributed by atoms with Gasteiger partial charge >= 0.3 is 0 Å². The maximum Gasteiger partial charge on any atom is 0.206 e. The first-order valence-electron chi connectivity index (χ1n) is 4.71. The Morgan fingerprint density at radius 1 is 1.13 bits per heavy atom. The lowest BCUT2D eigenvalue weighted by atomic mass is 10.1. The Bertz CT molecular complexity index is 630. The molecule has 0 saturated carbocycles. The molecule has 0 N–H and O–H groups in total. The van der Waals surface area contributed by atoms with Crippen molar-refractivity contribution in [1.29, 1.82) is 0 Å². The summed E-state index contributed by atoms with van der Waals surface area (Å²) < 4.78 is 5.57. The minimum absolute atomic E-state index is 0.649. The van der Waals surface area contributed by atoms with Gasteiger partial charge in [0.05, 0.1) is 5.33 Å². The first kappa shape index (κ1) is 8.92. The van der Waals surface area contributed by atoms with Gasteiger partial charge in [-0.1, -0.05) is 46.3 Å². The molecular weight excluding hydrogens is 254 g/mol. The minimum Gasteiger partial charge on any atom is -0.440 e. The van der Waals surface area contributed by atoms with Crippen LogP contribution in [0.5, 0.6) is 0 Å². The Morgan fingerprint density at radius 2 is 2.00 bits per heavy atom. The lowest BCUT2D eigenvalue weighted by Gasteiger charge is -1.95. The molecule has 0 fully saturated rings. The van der Waals surface area contributed by atoms with E-state index in [0.29, 0.717) is 5.33 Å². The van der Waals surface area contributed by atoms with Crippen LogP contribution < -0.4 is 0 Å². The Labute approximate surface area is 95.0 Å². The maximum absolute atomic E-state index is 5.57. The highest BCUT2D eigenvalue weighted by Crippen LogP contribution is 2.25. The van der Waals surface area contributed by atoms with Gasteiger partial charge in [-0.15, -0.1) is 0 Å². The number of benzene rings is 2. The average molecular weight is 262 g/mol. The van der Waals surface area contributed by atoms with Crippen molar-refractivity contribution in [2.75, 3.05) is 0 Å². The molecule has 2 nitrogen and oxygen atoms in total. The molecule has 0 aliphatic heterocycles. The average Bonchev–Trinajstić information content (AvgIpc) is 2.72. The van der Waals surface area contributed by atoms with E-state index < -0.39 is 0 Å². The largest absolute Gasteiger partial charge is 0.440 e. The number of aromatic nitrogens is 1. The fourth-order valence-corrected chi connectivity index (χ4v) is 2.00. The molecule has 3 aromatic rings. The Kier molecular flexibility index (Phi) is 1.99. The van der Waals surface area contributed by atoms with Crippen molar-refractivity contribution in [3.05, 3.63) is 42.3 Å². The third kappa shape index (κ3) is 1.35. The summed E-state index contributed by atoms with van der Waals surface area (Å²) in [7, 11) is 0. The second kappa shape index (κ2) is 3.35. The molecule has 0 aliphatic rings. The van der Waals surface area contributed by atoms with E-state index in [2.05, 4.69) is 39.1 Å². The van der Waals surface area contributed by atoms with Crippen molar-refractivity contribution in [3.8, 4) is 0 Å². The minimum atomic E-state index is 0.649. The van der Waals surface area contributed by atoms with Gasteiger partial charge in [0.15, 0.2) is 5.58 Å². The molecule has 0 radical (unpaired) electrons. The van der Waals surface area contributed by atoms with Crippen LogP contribution in [0.3, 0.4) is 0 Å². The molecule has 74 valence electrons. The molecule has 0 saturated heterocycles. The van der Waals surface area contributed by atoms with Crippen LogP contribution in [0.15, 0.2) is 40.8 Å². The highest BCUT2D eigenvalue weighted by Gasteiger charge is 2.07. The van der Waals surface area contributed by atoms with E-state index in [0.717, 1.165) is 22.4 Å². The van der Waals surface area contributed by atoms with E-state index >= 15 is 0 Å². The fraction of sp³-hybridized carbons (Fsp3) is 0.0833. The normalized spacial score (nSPS) is 11.3. The summed E-state index contributed by atoms with van der Waals surface area (Å²) in [5.41, 5.74) is 1.80. The zero-order valence-corrected chi connectivity index (χ0v) is 9.49. The molecule has 0 spiro atoms.